The topological polar surface area (TPSA) is 121 Å². The molecule has 0 amide bonds. The zero-order chi connectivity index (χ0) is 21.4. The maximum absolute atomic E-state index is 15.0. The van der Waals surface area contributed by atoms with Crippen LogP contribution in [0.2, 0.25) is 0 Å². The number of nitrogens with two attached hydrogens (primary N) is 2. The summed E-state index contributed by atoms with van der Waals surface area (Å²) < 4.78 is 17.0. The molecule has 9 heteroatoms. The molecule has 3 heterocycles. The maximum Gasteiger partial charge on any atom is 0.155 e. The van der Waals surface area contributed by atoms with Crippen molar-refractivity contribution in [3.8, 4) is 11.3 Å². The molecule has 0 unspecified atom stereocenters. The highest BCUT2D eigenvalue weighted by Gasteiger charge is 2.24. The molecule has 1 aromatic carbocycles. The zero-order valence-corrected chi connectivity index (χ0v) is 17.0. The summed E-state index contributed by atoms with van der Waals surface area (Å²) in [6, 6.07) is 8.28. The van der Waals surface area contributed by atoms with Gasteiger partial charge in [-0.05, 0) is 45.0 Å². The lowest BCUT2D eigenvalue weighted by Crippen LogP contribution is -2.17. The first-order valence-corrected chi connectivity index (χ1v) is 9.62. The number of halogens is 1. The molecule has 4 aromatic rings. The predicted octanol–water partition coefficient (Wildman–Crippen LogP) is 3.95. The molecule has 1 atom stereocenters. The Morgan fingerprint density at radius 2 is 1.83 bits per heavy atom. The van der Waals surface area contributed by atoms with E-state index in [0.717, 1.165) is 5.82 Å². The van der Waals surface area contributed by atoms with Gasteiger partial charge in [-0.25, -0.2) is 19.3 Å². The van der Waals surface area contributed by atoms with Gasteiger partial charge in [-0.1, -0.05) is 6.07 Å². The molecule has 0 spiro atoms. The van der Waals surface area contributed by atoms with E-state index in [1.165, 1.54) is 12.4 Å². The second-order valence-electron chi connectivity index (χ2n) is 7.33. The fourth-order valence-electron chi connectivity index (χ4n) is 3.56. The van der Waals surface area contributed by atoms with Crippen molar-refractivity contribution in [2.24, 2.45) is 0 Å². The Kier molecular flexibility index (Phi) is 4.94. The molecule has 0 aliphatic heterocycles. The Morgan fingerprint density at radius 1 is 1.03 bits per heavy atom. The van der Waals surface area contributed by atoms with Gasteiger partial charge < -0.3 is 21.4 Å². The number of fused-ring (bicyclic) bond motifs is 1. The number of aromatic nitrogens is 5. The number of imidazole rings is 1. The molecule has 154 valence electrons. The number of nitrogens with one attached hydrogen (secondary N) is 1. The van der Waals surface area contributed by atoms with Crippen LogP contribution >= 0.6 is 0 Å². The summed E-state index contributed by atoms with van der Waals surface area (Å²) in [5.74, 6) is 1.01. The highest BCUT2D eigenvalue weighted by atomic mass is 19.1. The lowest BCUT2D eigenvalue weighted by molar-refractivity contribution is 0.566. The quantitative estimate of drug-likeness (QED) is 0.459. The normalized spacial score (nSPS) is 12.4. The number of hydrogen-bond donors (Lipinski definition) is 3. The monoisotopic (exact) mass is 406 g/mol. The number of nitrogens with zero attached hydrogens (tertiary/aromatic N) is 5. The Labute approximate surface area is 173 Å². The van der Waals surface area contributed by atoms with Crippen molar-refractivity contribution < 1.29 is 4.39 Å². The van der Waals surface area contributed by atoms with Crippen molar-refractivity contribution in [2.45, 2.75) is 32.9 Å². The minimum Gasteiger partial charge on any atom is -0.393 e. The Hall–Kier alpha value is -3.75. The van der Waals surface area contributed by atoms with Gasteiger partial charge in [0.15, 0.2) is 11.6 Å². The Bertz CT molecular complexity index is 1200. The second kappa shape index (κ2) is 7.58. The largest absolute Gasteiger partial charge is 0.393 e. The van der Waals surface area contributed by atoms with E-state index in [9.17, 15) is 4.39 Å². The van der Waals surface area contributed by atoms with Crippen LogP contribution in [0.15, 0.2) is 42.9 Å². The smallest absolute Gasteiger partial charge is 0.155 e. The lowest BCUT2D eigenvalue weighted by Gasteiger charge is -2.20. The highest BCUT2D eigenvalue weighted by Crippen LogP contribution is 2.35. The molecule has 4 rings (SSSR count). The number of pyridine rings is 1. The van der Waals surface area contributed by atoms with Crippen molar-refractivity contribution >= 4 is 28.4 Å². The number of benzene rings is 1. The van der Waals surface area contributed by atoms with E-state index in [1.807, 2.05) is 31.4 Å². The van der Waals surface area contributed by atoms with Crippen LogP contribution in [-0.4, -0.2) is 24.5 Å². The van der Waals surface area contributed by atoms with Gasteiger partial charge in [-0.15, -0.1) is 0 Å². The molecule has 3 aromatic heterocycles. The van der Waals surface area contributed by atoms with Crippen LogP contribution in [0.25, 0.3) is 22.3 Å². The number of nitrogen functional groups attached to an aromatic ring is 2. The fourth-order valence-corrected chi connectivity index (χ4v) is 3.56. The standard InChI is InChI=1S/C21H23FN8/c1-11(2)30-18-15(8-7-13(22)16(18)14-6-4-5-9-25-14)29-21(30)12(3)28-20-17(23)19(24)26-10-27-20/h4-12H,23H2,1-3H3,(H3,24,26,27,28)/t12-/m0/s1. The molecule has 0 aliphatic carbocycles. The van der Waals surface area contributed by atoms with Gasteiger partial charge in [0.25, 0.3) is 0 Å². The van der Waals surface area contributed by atoms with Crippen LogP contribution in [0.1, 0.15) is 38.7 Å². The number of rotatable bonds is 5. The van der Waals surface area contributed by atoms with Crippen molar-refractivity contribution in [1.82, 2.24) is 24.5 Å². The molecular formula is C21H23FN8. The van der Waals surface area contributed by atoms with Crippen LogP contribution in [-0.2, 0) is 0 Å². The van der Waals surface area contributed by atoms with Gasteiger partial charge in [0, 0.05) is 12.2 Å². The first-order valence-electron chi connectivity index (χ1n) is 9.62. The molecule has 0 fully saturated rings. The van der Waals surface area contributed by atoms with E-state index in [0.29, 0.717) is 28.1 Å². The van der Waals surface area contributed by atoms with Crippen molar-refractivity contribution in [1.29, 1.82) is 0 Å². The van der Waals surface area contributed by atoms with Crippen LogP contribution in [0.5, 0.6) is 0 Å². The Balaban J connectivity index is 1.89. The van der Waals surface area contributed by atoms with Crippen LogP contribution < -0.4 is 16.8 Å². The van der Waals surface area contributed by atoms with Gasteiger partial charge in [-0.3, -0.25) is 4.98 Å². The fraction of sp³-hybridized carbons (Fsp3) is 0.238. The molecule has 8 nitrogen and oxygen atoms in total. The molecule has 0 saturated heterocycles. The summed E-state index contributed by atoms with van der Waals surface area (Å²) in [5.41, 5.74) is 14.4. The summed E-state index contributed by atoms with van der Waals surface area (Å²) in [7, 11) is 0. The maximum atomic E-state index is 15.0. The third-order valence-corrected chi connectivity index (χ3v) is 4.92. The van der Waals surface area contributed by atoms with Crippen LogP contribution in [0, 0.1) is 5.82 Å². The zero-order valence-electron chi connectivity index (χ0n) is 17.0. The van der Waals surface area contributed by atoms with Crippen LogP contribution in [0.4, 0.5) is 21.7 Å². The summed E-state index contributed by atoms with van der Waals surface area (Å²) in [4.78, 5) is 17.2. The summed E-state index contributed by atoms with van der Waals surface area (Å²) in [6.07, 6.45) is 3.00. The molecule has 0 saturated carbocycles. The van der Waals surface area contributed by atoms with Crippen molar-refractivity contribution in [2.75, 3.05) is 16.8 Å². The van der Waals surface area contributed by atoms with E-state index in [4.69, 9.17) is 16.5 Å². The third kappa shape index (κ3) is 3.28. The van der Waals surface area contributed by atoms with Crippen molar-refractivity contribution in [3.05, 3.63) is 54.5 Å². The molecule has 0 aliphatic rings. The van der Waals surface area contributed by atoms with E-state index in [1.54, 1.807) is 24.4 Å². The molecule has 30 heavy (non-hydrogen) atoms. The van der Waals surface area contributed by atoms with Gasteiger partial charge in [-0.2, -0.15) is 0 Å². The molecular weight excluding hydrogens is 383 g/mol. The van der Waals surface area contributed by atoms with E-state index >= 15 is 0 Å². The number of hydrogen-bond acceptors (Lipinski definition) is 7. The van der Waals surface area contributed by atoms with E-state index in [-0.39, 0.29) is 29.4 Å². The predicted molar refractivity (Wildman–Crippen MR) is 116 cm³/mol. The average molecular weight is 406 g/mol. The summed E-state index contributed by atoms with van der Waals surface area (Å²) >= 11 is 0. The van der Waals surface area contributed by atoms with Gasteiger partial charge in [0.2, 0.25) is 0 Å². The first kappa shape index (κ1) is 19.6. The SMILES string of the molecule is CC(C)n1c([C@H](C)Nc2ncnc(N)c2N)nc2ccc(F)c(-c3ccccn3)c21. The number of anilines is 3. The third-order valence-electron chi connectivity index (χ3n) is 4.92. The average Bonchev–Trinajstić information content (AvgIpc) is 3.12. The van der Waals surface area contributed by atoms with E-state index in [2.05, 4.69) is 20.3 Å². The van der Waals surface area contributed by atoms with E-state index < -0.39 is 0 Å². The van der Waals surface area contributed by atoms with Gasteiger partial charge in [0.05, 0.1) is 28.3 Å². The van der Waals surface area contributed by atoms with Gasteiger partial charge in [0.1, 0.15) is 23.7 Å². The minimum atomic E-state index is -0.344. The lowest BCUT2D eigenvalue weighted by atomic mass is 10.1. The highest BCUT2D eigenvalue weighted by molar-refractivity contribution is 5.92. The van der Waals surface area contributed by atoms with Gasteiger partial charge >= 0.3 is 0 Å². The minimum absolute atomic E-state index is 0.0197. The van der Waals surface area contributed by atoms with Crippen molar-refractivity contribution in [3.63, 3.8) is 0 Å². The molecule has 5 N–H and O–H groups in total. The summed E-state index contributed by atoms with van der Waals surface area (Å²) in [5, 5.41) is 3.25. The molecule has 0 bridgehead atoms. The summed E-state index contributed by atoms with van der Waals surface area (Å²) in [6.45, 7) is 6.00. The first-order chi connectivity index (χ1) is 14.4. The second-order valence-corrected chi connectivity index (χ2v) is 7.33. The van der Waals surface area contributed by atoms with Crippen LogP contribution in [0.3, 0.4) is 0 Å². The molecule has 0 radical (unpaired) electrons. The Morgan fingerprint density at radius 3 is 2.53 bits per heavy atom.